The van der Waals surface area contributed by atoms with E-state index in [2.05, 4.69) is 20.6 Å². The van der Waals surface area contributed by atoms with Gasteiger partial charge in [0, 0.05) is 27.6 Å². The van der Waals surface area contributed by atoms with Crippen molar-refractivity contribution in [1.29, 1.82) is 0 Å². The maximum Gasteiger partial charge on any atom is 0.278 e. The quantitative estimate of drug-likeness (QED) is 0.558. The first kappa shape index (κ1) is 17.2. The number of amides is 2. The van der Waals surface area contributed by atoms with E-state index < -0.39 is 11.6 Å². The zero-order valence-electron chi connectivity index (χ0n) is 14.1. The number of aromatic nitrogens is 3. The molecule has 4 N–H and O–H groups in total. The molecule has 1 atom stereocenters. The number of carbonyl (C=O) groups excluding carboxylic acids is 2. The lowest BCUT2D eigenvalue weighted by Gasteiger charge is -2.14. The van der Waals surface area contributed by atoms with Gasteiger partial charge in [0.05, 0.1) is 12.7 Å². The number of hydrogen-bond acceptors (Lipinski definition) is 7. The number of pyridine rings is 1. The van der Waals surface area contributed by atoms with Crippen LogP contribution in [-0.4, -0.2) is 26.9 Å². The normalized spacial score (nSPS) is 15.5. The molecule has 3 aromatic heterocycles. The van der Waals surface area contributed by atoms with E-state index in [0.717, 1.165) is 15.0 Å². The predicted molar refractivity (Wildman–Crippen MR) is 101 cm³/mol. The summed E-state index contributed by atoms with van der Waals surface area (Å²) in [5.74, 6) is 0.741. The van der Waals surface area contributed by atoms with Crippen molar-refractivity contribution in [2.45, 2.75) is 25.4 Å². The molecule has 0 radical (unpaired) electrons. The van der Waals surface area contributed by atoms with Gasteiger partial charge in [0.2, 0.25) is 12.3 Å². The monoisotopic (exact) mass is 384 g/mol. The molecule has 4 heterocycles. The summed E-state index contributed by atoms with van der Waals surface area (Å²) in [6, 6.07) is 3.11. The molecule has 2 amide bonds. The maximum atomic E-state index is 12.7. The first-order chi connectivity index (χ1) is 13.1. The Hall–Kier alpha value is -3.27. The van der Waals surface area contributed by atoms with Crippen LogP contribution in [0.15, 0.2) is 29.3 Å². The van der Waals surface area contributed by atoms with E-state index in [1.54, 1.807) is 12.3 Å². The van der Waals surface area contributed by atoms with Crippen molar-refractivity contribution in [1.82, 2.24) is 19.9 Å². The van der Waals surface area contributed by atoms with Crippen molar-refractivity contribution in [3.8, 4) is 0 Å². The largest absolute Gasteiger partial charge is 0.384 e. The number of nitrogen functional groups attached to an aromatic ring is 1. The summed E-state index contributed by atoms with van der Waals surface area (Å²) in [6.45, 7) is 0.346. The highest BCUT2D eigenvalue weighted by Crippen LogP contribution is 2.27. The lowest BCUT2D eigenvalue weighted by Crippen LogP contribution is -2.36. The molecular weight excluding hydrogens is 368 g/mol. The van der Waals surface area contributed by atoms with Crippen molar-refractivity contribution < 1.29 is 9.59 Å². The Bertz CT molecular complexity index is 1110. The summed E-state index contributed by atoms with van der Waals surface area (Å²) in [7, 11) is 0. The molecule has 0 aliphatic carbocycles. The molecule has 10 heteroatoms. The van der Waals surface area contributed by atoms with E-state index >= 15 is 0 Å². The minimum atomic E-state index is -0.639. The molecule has 0 spiro atoms. The SMILES string of the molecule is Nc1cc2sc(CNC(=O)C3CCc4ncc(NC=O)c(=O)n43)cc2cn1. The molecule has 0 saturated carbocycles. The van der Waals surface area contributed by atoms with Crippen molar-refractivity contribution in [3.63, 3.8) is 0 Å². The van der Waals surface area contributed by atoms with Crippen LogP contribution in [0, 0.1) is 0 Å². The lowest BCUT2D eigenvalue weighted by atomic mass is 10.2. The minimum Gasteiger partial charge on any atom is -0.384 e. The average Bonchev–Trinajstić information content (AvgIpc) is 3.26. The summed E-state index contributed by atoms with van der Waals surface area (Å²) in [6.07, 6.45) is 4.46. The van der Waals surface area contributed by atoms with Crippen molar-refractivity contribution in [2.24, 2.45) is 0 Å². The zero-order chi connectivity index (χ0) is 19.0. The van der Waals surface area contributed by atoms with Crippen LogP contribution in [0.3, 0.4) is 0 Å². The van der Waals surface area contributed by atoms with Crippen LogP contribution in [0.5, 0.6) is 0 Å². The van der Waals surface area contributed by atoms with E-state index in [9.17, 15) is 14.4 Å². The van der Waals surface area contributed by atoms with Crippen LogP contribution >= 0.6 is 11.3 Å². The lowest BCUT2D eigenvalue weighted by molar-refractivity contribution is -0.124. The molecule has 3 aromatic rings. The number of nitrogens with one attached hydrogen (secondary N) is 2. The molecule has 0 aromatic carbocycles. The number of carbonyl (C=O) groups is 2. The molecule has 0 saturated heterocycles. The van der Waals surface area contributed by atoms with E-state index in [0.29, 0.717) is 37.4 Å². The van der Waals surface area contributed by atoms with Gasteiger partial charge in [-0.25, -0.2) is 9.97 Å². The molecule has 1 aliphatic rings. The molecular formula is C17H16N6O3S. The number of fused-ring (bicyclic) bond motifs is 2. The highest BCUT2D eigenvalue weighted by Gasteiger charge is 2.31. The highest BCUT2D eigenvalue weighted by molar-refractivity contribution is 7.19. The van der Waals surface area contributed by atoms with Gasteiger partial charge in [-0.1, -0.05) is 0 Å². The number of aryl methyl sites for hydroxylation is 1. The third-order valence-electron chi connectivity index (χ3n) is 4.45. The Kier molecular flexibility index (Phi) is 4.32. The summed E-state index contributed by atoms with van der Waals surface area (Å²) >= 11 is 1.53. The van der Waals surface area contributed by atoms with E-state index in [-0.39, 0.29) is 11.6 Å². The summed E-state index contributed by atoms with van der Waals surface area (Å²) < 4.78 is 2.36. The molecule has 138 valence electrons. The van der Waals surface area contributed by atoms with E-state index in [1.165, 1.54) is 22.1 Å². The second-order valence-corrected chi connectivity index (χ2v) is 7.33. The Balaban J connectivity index is 1.52. The fraction of sp³-hybridized carbons (Fsp3) is 0.235. The van der Waals surface area contributed by atoms with Gasteiger partial charge < -0.3 is 16.4 Å². The van der Waals surface area contributed by atoms with Gasteiger partial charge in [0.25, 0.3) is 5.56 Å². The highest BCUT2D eigenvalue weighted by atomic mass is 32.1. The number of hydrogen-bond donors (Lipinski definition) is 3. The maximum absolute atomic E-state index is 12.7. The predicted octanol–water partition coefficient (Wildman–Crippen LogP) is 0.807. The van der Waals surface area contributed by atoms with Crippen LogP contribution < -0.4 is 21.9 Å². The van der Waals surface area contributed by atoms with Crippen LogP contribution in [-0.2, 0) is 22.6 Å². The number of anilines is 2. The molecule has 0 fully saturated rings. The van der Waals surface area contributed by atoms with Crippen LogP contribution in [0.1, 0.15) is 23.2 Å². The van der Waals surface area contributed by atoms with Gasteiger partial charge in [0.15, 0.2) is 0 Å². The molecule has 1 aliphatic heterocycles. The fourth-order valence-electron chi connectivity index (χ4n) is 3.20. The number of rotatable bonds is 5. The Morgan fingerprint density at radius 2 is 2.22 bits per heavy atom. The van der Waals surface area contributed by atoms with Gasteiger partial charge in [-0.3, -0.25) is 19.0 Å². The number of nitrogens with two attached hydrogens (primary N) is 1. The first-order valence-corrected chi connectivity index (χ1v) is 9.10. The van der Waals surface area contributed by atoms with E-state index in [4.69, 9.17) is 5.73 Å². The Morgan fingerprint density at radius 1 is 1.37 bits per heavy atom. The summed E-state index contributed by atoms with van der Waals surface area (Å²) in [5.41, 5.74) is 5.33. The van der Waals surface area contributed by atoms with E-state index in [1.807, 2.05) is 6.07 Å². The molecule has 9 nitrogen and oxygen atoms in total. The first-order valence-electron chi connectivity index (χ1n) is 8.29. The standard InChI is InChI=1S/C17H16N6O3S/c18-14-4-13-9(5-19-14)3-10(27-13)6-21-16(25)12-1-2-15-20-7-11(22-8-24)17(26)23(12)15/h3-5,7-8,12H,1-2,6H2,(H2,18,19)(H,21,25)(H,22,24). The Morgan fingerprint density at radius 3 is 3.04 bits per heavy atom. The third kappa shape index (κ3) is 3.14. The van der Waals surface area contributed by atoms with Gasteiger partial charge in [-0.05, 0) is 18.6 Å². The molecule has 1 unspecified atom stereocenters. The summed E-state index contributed by atoms with van der Waals surface area (Å²) in [4.78, 5) is 45.0. The van der Waals surface area contributed by atoms with Gasteiger partial charge in [-0.2, -0.15) is 0 Å². The van der Waals surface area contributed by atoms with Gasteiger partial charge >= 0.3 is 0 Å². The minimum absolute atomic E-state index is 0.0584. The van der Waals surface area contributed by atoms with Gasteiger partial charge in [0.1, 0.15) is 23.4 Å². The van der Waals surface area contributed by atoms with Gasteiger partial charge in [-0.15, -0.1) is 11.3 Å². The number of nitrogens with zero attached hydrogens (tertiary/aromatic N) is 3. The topological polar surface area (TPSA) is 132 Å². The second-order valence-electron chi connectivity index (χ2n) is 6.16. The van der Waals surface area contributed by atoms with Crippen molar-refractivity contribution in [2.75, 3.05) is 11.1 Å². The number of thiophene rings is 1. The summed E-state index contributed by atoms with van der Waals surface area (Å²) in [5, 5.41) is 6.17. The van der Waals surface area contributed by atoms with Crippen molar-refractivity contribution in [3.05, 3.63) is 45.6 Å². The van der Waals surface area contributed by atoms with Crippen LogP contribution in [0.25, 0.3) is 10.1 Å². The van der Waals surface area contributed by atoms with Crippen LogP contribution in [0.4, 0.5) is 11.5 Å². The molecule has 27 heavy (non-hydrogen) atoms. The molecule has 4 rings (SSSR count). The Labute approximate surface area is 157 Å². The average molecular weight is 384 g/mol. The fourth-order valence-corrected chi connectivity index (χ4v) is 4.22. The third-order valence-corrected chi connectivity index (χ3v) is 5.55. The van der Waals surface area contributed by atoms with Crippen molar-refractivity contribution >= 4 is 45.2 Å². The van der Waals surface area contributed by atoms with Crippen LogP contribution in [0.2, 0.25) is 0 Å². The molecule has 0 bridgehead atoms. The smallest absolute Gasteiger partial charge is 0.278 e. The zero-order valence-corrected chi connectivity index (χ0v) is 15.0. The second kappa shape index (κ2) is 6.80.